The molecule has 1 heterocycles. The van der Waals surface area contributed by atoms with Gasteiger partial charge in [0.2, 0.25) is 5.82 Å². The summed E-state index contributed by atoms with van der Waals surface area (Å²) in [6.45, 7) is 0. The second kappa shape index (κ2) is 10.7. The van der Waals surface area contributed by atoms with Gasteiger partial charge < -0.3 is 10.5 Å². The highest BCUT2D eigenvalue weighted by atomic mass is 35.5. The van der Waals surface area contributed by atoms with Crippen molar-refractivity contribution < 1.29 is 4.74 Å². The van der Waals surface area contributed by atoms with Gasteiger partial charge in [-0.1, -0.05) is 115 Å². The molecule has 6 nitrogen and oxygen atoms in total. The molecule has 0 amide bonds. The van der Waals surface area contributed by atoms with Gasteiger partial charge in [0.1, 0.15) is 5.75 Å². The van der Waals surface area contributed by atoms with Crippen LogP contribution in [0.15, 0.2) is 127 Å². The summed E-state index contributed by atoms with van der Waals surface area (Å²) in [4.78, 5) is 1.70. The van der Waals surface area contributed by atoms with E-state index in [2.05, 4.69) is 46.7 Å². The molecule has 0 spiro atoms. The number of methoxy groups -OCH3 is 1. The van der Waals surface area contributed by atoms with Crippen LogP contribution < -0.4 is 10.5 Å². The van der Waals surface area contributed by atoms with Gasteiger partial charge in [-0.05, 0) is 57.3 Å². The second-order valence-electron chi connectivity index (χ2n) is 9.37. The molecular weight excluding hydrogens is 518 g/mol. The topological polar surface area (TPSA) is 78.9 Å². The molecule has 7 heteroatoms. The van der Waals surface area contributed by atoms with E-state index in [1.54, 1.807) is 11.9 Å². The summed E-state index contributed by atoms with van der Waals surface area (Å²) in [5.41, 5.74) is 11.5. The minimum Gasteiger partial charge on any atom is -0.495 e. The standard InChI is InChI=1S/C33H26ClN5O/c1-40-31-20-17-23(21-30(31)34)28-19-18-27(35)22-29(28)32-36-38-39(37-32)33(24-11-5-2-6-12-24,25-13-7-3-8-14-25)26-15-9-4-10-16-26/h2-22H,35H2,1H3. The lowest BCUT2D eigenvalue weighted by Gasteiger charge is -2.34. The summed E-state index contributed by atoms with van der Waals surface area (Å²) in [7, 11) is 1.59. The first-order valence-corrected chi connectivity index (χ1v) is 13.2. The van der Waals surface area contributed by atoms with Gasteiger partial charge in [0.15, 0.2) is 5.54 Å². The average molecular weight is 544 g/mol. The molecule has 1 aromatic heterocycles. The maximum Gasteiger partial charge on any atom is 0.205 e. The summed E-state index contributed by atoms with van der Waals surface area (Å²) in [6, 6.07) is 42.0. The number of aromatic nitrogens is 4. The molecule has 0 fully saturated rings. The molecule has 0 aliphatic carbocycles. The van der Waals surface area contributed by atoms with Crippen molar-refractivity contribution in [2.45, 2.75) is 5.54 Å². The van der Waals surface area contributed by atoms with Crippen LogP contribution >= 0.6 is 11.6 Å². The zero-order chi connectivity index (χ0) is 27.5. The van der Waals surface area contributed by atoms with Gasteiger partial charge in [-0.15, -0.1) is 15.0 Å². The van der Waals surface area contributed by atoms with E-state index >= 15 is 0 Å². The first-order chi connectivity index (χ1) is 19.6. The third kappa shape index (κ3) is 4.38. The van der Waals surface area contributed by atoms with Crippen LogP contribution in [0.1, 0.15) is 16.7 Å². The van der Waals surface area contributed by atoms with Crippen LogP contribution in [-0.4, -0.2) is 27.3 Å². The van der Waals surface area contributed by atoms with Gasteiger partial charge >= 0.3 is 0 Å². The molecule has 0 radical (unpaired) electrons. The smallest absolute Gasteiger partial charge is 0.205 e. The number of halogens is 1. The Morgan fingerprint density at radius 1 is 0.700 bits per heavy atom. The lowest BCUT2D eigenvalue weighted by molar-refractivity contribution is 0.396. The average Bonchev–Trinajstić information content (AvgIpc) is 3.50. The van der Waals surface area contributed by atoms with Crippen molar-refractivity contribution in [1.29, 1.82) is 0 Å². The zero-order valence-corrected chi connectivity index (χ0v) is 22.5. The van der Waals surface area contributed by atoms with Crippen molar-refractivity contribution >= 4 is 17.3 Å². The summed E-state index contributed by atoms with van der Waals surface area (Å²) in [5, 5.41) is 14.8. The SMILES string of the molecule is COc1ccc(-c2ccc(N)cc2-c2nnn(C(c3ccccc3)(c3ccccc3)c3ccccc3)n2)cc1Cl. The second-order valence-corrected chi connectivity index (χ2v) is 9.77. The van der Waals surface area contributed by atoms with Crippen molar-refractivity contribution in [3.8, 4) is 28.3 Å². The summed E-state index contributed by atoms with van der Waals surface area (Å²) in [5.74, 6) is 1.05. The summed E-state index contributed by atoms with van der Waals surface area (Å²) < 4.78 is 5.35. The Morgan fingerprint density at radius 3 is 1.80 bits per heavy atom. The monoisotopic (exact) mass is 543 g/mol. The number of ether oxygens (including phenoxy) is 1. The highest BCUT2D eigenvalue weighted by Crippen LogP contribution is 2.41. The molecule has 6 rings (SSSR count). The quantitative estimate of drug-likeness (QED) is 0.172. The van der Waals surface area contributed by atoms with Crippen molar-refractivity contribution in [2.24, 2.45) is 0 Å². The predicted molar refractivity (Wildman–Crippen MR) is 159 cm³/mol. The predicted octanol–water partition coefficient (Wildman–Crippen LogP) is 7.09. The number of nitrogens with zero attached hydrogens (tertiary/aromatic N) is 4. The molecule has 2 N–H and O–H groups in total. The normalized spacial score (nSPS) is 11.3. The van der Waals surface area contributed by atoms with Crippen LogP contribution in [0.3, 0.4) is 0 Å². The van der Waals surface area contributed by atoms with Crippen LogP contribution in [0.4, 0.5) is 5.69 Å². The number of nitrogens with two attached hydrogens (primary N) is 1. The fraction of sp³-hybridized carbons (Fsp3) is 0.0606. The van der Waals surface area contributed by atoms with Gasteiger partial charge in [0.25, 0.3) is 0 Å². The van der Waals surface area contributed by atoms with E-state index in [-0.39, 0.29) is 0 Å². The highest BCUT2D eigenvalue weighted by molar-refractivity contribution is 6.32. The number of anilines is 1. The van der Waals surface area contributed by atoms with E-state index in [0.717, 1.165) is 33.4 Å². The Kier molecular flexibility index (Phi) is 6.76. The molecule has 6 aromatic rings. The number of hydrogen-bond donors (Lipinski definition) is 1. The molecule has 0 atom stereocenters. The lowest BCUT2D eigenvalue weighted by Crippen LogP contribution is -2.39. The number of benzene rings is 5. The Bertz CT molecular complexity index is 1660. The molecule has 196 valence electrons. The Balaban J connectivity index is 1.59. The molecule has 40 heavy (non-hydrogen) atoms. The van der Waals surface area contributed by atoms with E-state index in [0.29, 0.717) is 22.3 Å². The maximum absolute atomic E-state index is 6.48. The lowest BCUT2D eigenvalue weighted by atomic mass is 9.77. The third-order valence-corrected chi connectivity index (χ3v) is 7.33. The minimum atomic E-state index is -0.876. The first kappa shape index (κ1) is 25.3. The fourth-order valence-electron chi connectivity index (χ4n) is 5.18. The molecule has 0 unspecified atom stereocenters. The van der Waals surface area contributed by atoms with E-state index in [4.69, 9.17) is 27.2 Å². The number of rotatable bonds is 7. The van der Waals surface area contributed by atoms with Gasteiger partial charge in [-0.25, -0.2) is 0 Å². The summed E-state index contributed by atoms with van der Waals surface area (Å²) >= 11 is 6.48. The minimum absolute atomic E-state index is 0.446. The van der Waals surface area contributed by atoms with E-state index in [1.807, 2.05) is 91.0 Å². The van der Waals surface area contributed by atoms with E-state index < -0.39 is 5.54 Å². The van der Waals surface area contributed by atoms with Gasteiger partial charge in [-0.3, -0.25) is 0 Å². The van der Waals surface area contributed by atoms with Crippen LogP contribution in [0, 0.1) is 0 Å². The Hall–Kier alpha value is -4.94. The van der Waals surface area contributed by atoms with Gasteiger partial charge in [0.05, 0.1) is 12.1 Å². The first-order valence-electron chi connectivity index (χ1n) is 12.8. The van der Waals surface area contributed by atoms with Gasteiger partial charge in [-0.2, -0.15) is 0 Å². The van der Waals surface area contributed by atoms with Crippen molar-refractivity contribution in [3.63, 3.8) is 0 Å². The number of hydrogen-bond acceptors (Lipinski definition) is 5. The largest absolute Gasteiger partial charge is 0.495 e. The van der Waals surface area contributed by atoms with Crippen LogP contribution in [-0.2, 0) is 5.54 Å². The Morgan fingerprint density at radius 2 is 1.27 bits per heavy atom. The van der Waals surface area contributed by atoms with E-state index in [9.17, 15) is 0 Å². The van der Waals surface area contributed by atoms with Crippen LogP contribution in [0.5, 0.6) is 5.75 Å². The maximum atomic E-state index is 6.48. The Labute approximate surface area is 237 Å². The molecule has 0 bridgehead atoms. The van der Waals surface area contributed by atoms with Crippen LogP contribution in [0.2, 0.25) is 5.02 Å². The van der Waals surface area contributed by atoms with E-state index in [1.165, 1.54) is 0 Å². The highest BCUT2D eigenvalue weighted by Gasteiger charge is 2.41. The molecule has 0 aliphatic heterocycles. The number of tetrazole rings is 1. The van der Waals surface area contributed by atoms with Crippen LogP contribution in [0.25, 0.3) is 22.5 Å². The molecule has 0 saturated carbocycles. The van der Waals surface area contributed by atoms with Gasteiger partial charge in [0, 0.05) is 11.3 Å². The van der Waals surface area contributed by atoms with Crippen molar-refractivity contribution in [3.05, 3.63) is 149 Å². The number of nitrogen functional groups attached to an aromatic ring is 1. The van der Waals surface area contributed by atoms with Crippen molar-refractivity contribution in [2.75, 3.05) is 12.8 Å². The fourth-order valence-corrected chi connectivity index (χ4v) is 5.44. The third-order valence-electron chi connectivity index (χ3n) is 7.04. The molecule has 0 saturated heterocycles. The summed E-state index contributed by atoms with van der Waals surface area (Å²) in [6.07, 6.45) is 0. The zero-order valence-electron chi connectivity index (χ0n) is 21.8. The molecular formula is C33H26ClN5O. The van der Waals surface area contributed by atoms with Crippen molar-refractivity contribution in [1.82, 2.24) is 20.2 Å². The molecule has 0 aliphatic rings. The molecule has 5 aromatic carbocycles.